The summed E-state index contributed by atoms with van der Waals surface area (Å²) >= 11 is 0. The van der Waals surface area contributed by atoms with Crippen LogP contribution in [0.15, 0.2) is 58.5 Å². The van der Waals surface area contributed by atoms with Gasteiger partial charge in [-0.05, 0) is 49.2 Å². The predicted molar refractivity (Wildman–Crippen MR) is 105 cm³/mol. The first-order valence-electron chi connectivity index (χ1n) is 9.29. The van der Waals surface area contributed by atoms with Gasteiger partial charge in [-0.2, -0.15) is 26.7 Å². The normalized spacial score (nSPS) is 17.1. The minimum Gasteiger partial charge on any atom is -0.378 e. The van der Waals surface area contributed by atoms with Gasteiger partial charge in [-0.15, -0.1) is 0 Å². The standard InChI is InChI=1S/C20H19F3N2O5S/c21-20(22,23)15-7-9-17(10-8-15)31(27,28)30-18-6-2-1-4-14(18)13-24-25-19(26)12-16-5-3-11-29-16/h1-2,4,6-10,13,16H,3,5,11-12H2,(H,25,26). The maximum absolute atomic E-state index is 12.7. The van der Waals surface area contributed by atoms with Crippen LogP contribution in [0.2, 0.25) is 0 Å². The number of para-hydroxylation sites is 1. The van der Waals surface area contributed by atoms with Crippen molar-refractivity contribution < 1.29 is 35.3 Å². The molecule has 1 aliphatic rings. The Morgan fingerprint density at radius 1 is 1.19 bits per heavy atom. The van der Waals surface area contributed by atoms with E-state index in [4.69, 9.17) is 8.92 Å². The summed E-state index contributed by atoms with van der Waals surface area (Å²) in [5.74, 6) is -0.446. The number of hydrogen-bond acceptors (Lipinski definition) is 6. The zero-order valence-corrected chi connectivity index (χ0v) is 16.9. The third kappa shape index (κ3) is 6.28. The highest BCUT2D eigenvalue weighted by molar-refractivity contribution is 7.87. The number of nitrogens with zero attached hydrogens (tertiary/aromatic N) is 1. The van der Waals surface area contributed by atoms with E-state index >= 15 is 0 Å². The molecule has 1 heterocycles. The first-order chi connectivity index (χ1) is 14.6. The van der Waals surface area contributed by atoms with Gasteiger partial charge in [0.05, 0.1) is 24.3 Å². The number of halogens is 3. The molecule has 0 spiro atoms. The number of nitrogens with one attached hydrogen (secondary N) is 1. The molecule has 1 atom stereocenters. The largest absolute Gasteiger partial charge is 0.416 e. The van der Waals surface area contributed by atoms with Crippen LogP contribution in [0.5, 0.6) is 5.75 Å². The van der Waals surface area contributed by atoms with E-state index in [2.05, 4.69) is 10.5 Å². The highest BCUT2D eigenvalue weighted by Crippen LogP contribution is 2.30. The molecular weight excluding hydrogens is 437 g/mol. The van der Waals surface area contributed by atoms with Gasteiger partial charge in [0.2, 0.25) is 5.91 Å². The second-order valence-electron chi connectivity index (χ2n) is 6.73. The number of hydrogen-bond donors (Lipinski definition) is 1. The number of hydrazone groups is 1. The Morgan fingerprint density at radius 2 is 1.90 bits per heavy atom. The van der Waals surface area contributed by atoms with Crippen molar-refractivity contribution in [3.8, 4) is 5.75 Å². The van der Waals surface area contributed by atoms with E-state index in [1.807, 2.05) is 0 Å². The predicted octanol–water partition coefficient (Wildman–Crippen LogP) is 3.49. The third-order valence-corrected chi connectivity index (χ3v) is 5.67. The number of alkyl halides is 3. The number of carbonyl (C=O) groups excluding carboxylic acids is 1. The van der Waals surface area contributed by atoms with Crippen LogP contribution >= 0.6 is 0 Å². The quantitative estimate of drug-likeness (QED) is 0.391. The Bertz CT molecular complexity index is 1050. The van der Waals surface area contributed by atoms with Crippen molar-refractivity contribution in [2.24, 2.45) is 5.10 Å². The number of carbonyl (C=O) groups is 1. The number of ether oxygens (including phenoxy) is 1. The van der Waals surface area contributed by atoms with Crippen molar-refractivity contribution in [3.05, 3.63) is 59.7 Å². The van der Waals surface area contributed by atoms with Crippen LogP contribution in [-0.2, 0) is 25.8 Å². The minimum absolute atomic E-state index is 0.0977. The zero-order chi connectivity index (χ0) is 22.5. The summed E-state index contributed by atoms with van der Waals surface area (Å²) in [6.07, 6.45) is -1.64. The Kier molecular flexibility index (Phi) is 6.96. The zero-order valence-electron chi connectivity index (χ0n) is 16.1. The lowest BCUT2D eigenvalue weighted by Crippen LogP contribution is -2.23. The van der Waals surface area contributed by atoms with Gasteiger partial charge in [0.1, 0.15) is 4.90 Å². The molecular formula is C20H19F3N2O5S. The maximum Gasteiger partial charge on any atom is 0.416 e. The third-order valence-electron chi connectivity index (χ3n) is 4.42. The van der Waals surface area contributed by atoms with Crippen molar-refractivity contribution in [1.82, 2.24) is 5.43 Å². The van der Waals surface area contributed by atoms with Gasteiger partial charge in [-0.1, -0.05) is 12.1 Å². The lowest BCUT2D eigenvalue weighted by Gasteiger charge is -2.11. The summed E-state index contributed by atoms with van der Waals surface area (Å²) in [6, 6.07) is 8.95. The summed E-state index contributed by atoms with van der Waals surface area (Å²) in [5.41, 5.74) is 1.61. The van der Waals surface area contributed by atoms with Gasteiger partial charge in [-0.25, -0.2) is 5.43 Å². The van der Waals surface area contributed by atoms with Gasteiger partial charge in [0.25, 0.3) is 0 Å². The molecule has 31 heavy (non-hydrogen) atoms. The molecule has 3 rings (SSSR count). The van der Waals surface area contributed by atoms with Crippen molar-refractivity contribution >= 4 is 22.2 Å². The molecule has 0 bridgehead atoms. The smallest absolute Gasteiger partial charge is 0.378 e. The van der Waals surface area contributed by atoms with Gasteiger partial charge in [-0.3, -0.25) is 4.79 Å². The van der Waals surface area contributed by atoms with Crippen LogP contribution in [0, 0.1) is 0 Å². The average Bonchev–Trinajstić information content (AvgIpc) is 3.21. The molecule has 11 heteroatoms. The summed E-state index contributed by atoms with van der Waals surface area (Å²) in [7, 11) is -4.39. The van der Waals surface area contributed by atoms with E-state index < -0.39 is 26.8 Å². The molecule has 7 nitrogen and oxygen atoms in total. The molecule has 0 saturated carbocycles. The molecule has 1 amide bonds. The van der Waals surface area contributed by atoms with Crippen LogP contribution < -0.4 is 9.61 Å². The first-order valence-corrected chi connectivity index (χ1v) is 10.7. The molecule has 1 aliphatic heterocycles. The SMILES string of the molecule is O=C(CC1CCCO1)NN=Cc1ccccc1OS(=O)(=O)c1ccc(C(F)(F)F)cc1. The number of rotatable bonds is 7. The van der Waals surface area contributed by atoms with Gasteiger partial charge < -0.3 is 8.92 Å². The molecule has 1 N–H and O–H groups in total. The van der Waals surface area contributed by atoms with Crippen LogP contribution in [0.3, 0.4) is 0 Å². The molecule has 1 fully saturated rings. The minimum atomic E-state index is -4.58. The van der Waals surface area contributed by atoms with Crippen molar-refractivity contribution in [2.75, 3.05) is 6.61 Å². The van der Waals surface area contributed by atoms with Crippen molar-refractivity contribution in [3.63, 3.8) is 0 Å². The molecule has 2 aromatic rings. The molecule has 0 aromatic heterocycles. The van der Waals surface area contributed by atoms with E-state index in [-0.39, 0.29) is 29.7 Å². The molecule has 1 unspecified atom stereocenters. The fraction of sp³-hybridized carbons (Fsp3) is 0.300. The molecule has 166 valence electrons. The monoisotopic (exact) mass is 456 g/mol. The molecule has 0 radical (unpaired) electrons. The number of amides is 1. The van der Waals surface area contributed by atoms with Crippen molar-refractivity contribution in [2.45, 2.75) is 36.4 Å². The van der Waals surface area contributed by atoms with Crippen LogP contribution in [-0.4, -0.2) is 33.3 Å². The van der Waals surface area contributed by atoms with Crippen LogP contribution in [0.4, 0.5) is 13.2 Å². The van der Waals surface area contributed by atoms with Crippen molar-refractivity contribution in [1.29, 1.82) is 0 Å². The van der Waals surface area contributed by atoms with E-state index in [9.17, 15) is 26.4 Å². The fourth-order valence-corrected chi connectivity index (χ4v) is 3.83. The Balaban J connectivity index is 1.68. The Hall–Kier alpha value is -2.92. The average molecular weight is 456 g/mol. The number of benzene rings is 2. The fourth-order valence-electron chi connectivity index (χ4n) is 2.87. The topological polar surface area (TPSA) is 94.1 Å². The molecule has 1 saturated heterocycles. The van der Waals surface area contributed by atoms with Crippen LogP contribution in [0.25, 0.3) is 0 Å². The van der Waals surface area contributed by atoms with E-state index in [0.29, 0.717) is 18.7 Å². The van der Waals surface area contributed by atoms with E-state index in [1.54, 1.807) is 6.07 Å². The van der Waals surface area contributed by atoms with E-state index in [0.717, 1.165) is 25.0 Å². The lowest BCUT2D eigenvalue weighted by atomic mass is 10.2. The highest BCUT2D eigenvalue weighted by Gasteiger charge is 2.31. The lowest BCUT2D eigenvalue weighted by molar-refractivity contribution is -0.137. The Labute approximate surface area is 177 Å². The molecule has 0 aliphatic carbocycles. The first kappa shape index (κ1) is 22.8. The van der Waals surface area contributed by atoms with Crippen LogP contribution in [0.1, 0.15) is 30.4 Å². The van der Waals surface area contributed by atoms with Gasteiger partial charge in [0.15, 0.2) is 5.75 Å². The maximum atomic E-state index is 12.7. The molecule has 2 aromatic carbocycles. The second kappa shape index (κ2) is 9.48. The second-order valence-corrected chi connectivity index (χ2v) is 8.28. The van der Waals surface area contributed by atoms with Gasteiger partial charge in [0, 0.05) is 12.2 Å². The van der Waals surface area contributed by atoms with E-state index in [1.165, 1.54) is 24.4 Å². The Morgan fingerprint density at radius 3 is 2.55 bits per heavy atom. The summed E-state index contributed by atoms with van der Waals surface area (Å²) in [5, 5.41) is 3.81. The summed E-state index contributed by atoms with van der Waals surface area (Å²) < 4.78 is 73.4. The summed E-state index contributed by atoms with van der Waals surface area (Å²) in [6.45, 7) is 0.624. The summed E-state index contributed by atoms with van der Waals surface area (Å²) in [4.78, 5) is 11.4. The van der Waals surface area contributed by atoms with Gasteiger partial charge >= 0.3 is 16.3 Å². The highest BCUT2D eigenvalue weighted by atomic mass is 32.2.